The molecule has 0 spiro atoms. The Morgan fingerprint density at radius 1 is 1.35 bits per heavy atom. The first-order valence-electron chi connectivity index (χ1n) is 6.17. The van der Waals surface area contributed by atoms with E-state index in [1.165, 1.54) is 11.1 Å². The number of allylic oxidation sites excluding steroid dienone is 2. The summed E-state index contributed by atoms with van der Waals surface area (Å²) in [5.41, 5.74) is 2.52. The molecule has 1 rings (SSSR count). The van der Waals surface area contributed by atoms with Gasteiger partial charge in [0.05, 0.1) is 12.7 Å². The van der Waals surface area contributed by atoms with E-state index in [-0.39, 0.29) is 6.10 Å². The van der Waals surface area contributed by atoms with Gasteiger partial charge in [-0.05, 0) is 37.8 Å². The molecule has 0 aliphatic carbocycles. The molecule has 0 radical (unpaired) electrons. The van der Waals surface area contributed by atoms with Crippen LogP contribution in [0, 0.1) is 0 Å². The van der Waals surface area contributed by atoms with Gasteiger partial charge in [-0.15, -0.1) is 6.58 Å². The lowest BCUT2D eigenvalue weighted by Gasteiger charge is -2.18. The van der Waals surface area contributed by atoms with Gasteiger partial charge in [-0.3, -0.25) is 0 Å². The van der Waals surface area contributed by atoms with E-state index in [2.05, 4.69) is 38.6 Å². The molecule has 1 atom stereocenters. The molecule has 0 fully saturated rings. The third-order valence-corrected chi connectivity index (χ3v) is 2.89. The zero-order valence-corrected chi connectivity index (χ0v) is 10.9. The van der Waals surface area contributed by atoms with Crippen LogP contribution in [0.2, 0.25) is 0 Å². The fourth-order valence-corrected chi connectivity index (χ4v) is 1.67. The van der Waals surface area contributed by atoms with Gasteiger partial charge in [0.1, 0.15) is 0 Å². The van der Waals surface area contributed by atoms with Gasteiger partial charge >= 0.3 is 0 Å². The SMILES string of the molecule is C=CCCC(OCc1ccccc1)/C(C)=C\C. The summed E-state index contributed by atoms with van der Waals surface area (Å²) in [4.78, 5) is 0. The summed E-state index contributed by atoms with van der Waals surface area (Å²) in [6.45, 7) is 8.62. The lowest BCUT2D eigenvalue weighted by Crippen LogP contribution is -2.14. The largest absolute Gasteiger partial charge is 0.369 e. The van der Waals surface area contributed by atoms with Crippen LogP contribution in [0.1, 0.15) is 32.3 Å². The molecule has 0 aliphatic heterocycles. The second-order valence-corrected chi connectivity index (χ2v) is 4.18. The minimum Gasteiger partial charge on any atom is -0.369 e. The highest BCUT2D eigenvalue weighted by atomic mass is 16.5. The maximum atomic E-state index is 5.97. The van der Waals surface area contributed by atoms with Gasteiger partial charge in [-0.2, -0.15) is 0 Å². The van der Waals surface area contributed by atoms with Crippen LogP contribution < -0.4 is 0 Å². The van der Waals surface area contributed by atoms with E-state index in [4.69, 9.17) is 4.74 Å². The van der Waals surface area contributed by atoms with Gasteiger partial charge in [-0.1, -0.05) is 42.5 Å². The zero-order valence-electron chi connectivity index (χ0n) is 10.9. The first-order chi connectivity index (χ1) is 8.27. The number of benzene rings is 1. The zero-order chi connectivity index (χ0) is 12.5. The van der Waals surface area contributed by atoms with Crippen LogP contribution in [-0.4, -0.2) is 6.10 Å². The summed E-state index contributed by atoms with van der Waals surface area (Å²) in [6.07, 6.45) is 6.27. The molecule has 1 unspecified atom stereocenters. The van der Waals surface area contributed by atoms with Gasteiger partial charge < -0.3 is 4.74 Å². The van der Waals surface area contributed by atoms with Crippen molar-refractivity contribution in [3.63, 3.8) is 0 Å². The van der Waals surface area contributed by atoms with E-state index in [0.29, 0.717) is 6.61 Å². The van der Waals surface area contributed by atoms with E-state index in [0.717, 1.165) is 12.8 Å². The molecule has 1 aromatic carbocycles. The minimum absolute atomic E-state index is 0.207. The number of rotatable bonds is 7. The maximum Gasteiger partial charge on any atom is 0.0789 e. The van der Waals surface area contributed by atoms with Crippen molar-refractivity contribution in [2.75, 3.05) is 0 Å². The Labute approximate surface area is 105 Å². The van der Waals surface area contributed by atoms with Crippen molar-refractivity contribution >= 4 is 0 Å². The van der Waals surface area contributed by atoms with Crippen molar-refractivity contribution in [3.8, 4) is 0 Å². The predicted molar refractivity (Wildman–Crippen MR) is 73.9 cm³/mol. The van der Waals surface area contributed by atoms with Crippen molar-refractivity contribution < 1.29 is 4.74 Å². The van der Waals surface area contributed by atoms with Crippen molar-refractivity contribution in [3.05, 3.63) is 60.2 Å². The second kappa shape index (κ2) is 7.86. The summed E-state index contributed by atoms with van der Waals surface area (Å²) in [7, 11) is 0. The molecule has 0 N–H and O–H groups in total. The highest BCUT2D eigenvalue weighted by molar-refractivity contribution is 5.14. The molecule has 0 aliphatic rings. The van der Waals surface area contributed by atoms with E-state index in [9.17, 15) is 0 Å². The monoisotopic (exact) mass is 230 g/mol. The molecule has 0 aromatic heterocycles. The number of hydrogen-bond donors (Lipinski definition) is 0. The van der Waals surface area contributed by atoms with E-state index >= 15 is 0 Å². The van der Waals surface area contributed by atoms with Crippen LogP contribution in [0.3, 0.4) is 0 Å². The molecule has 0 saturated carbocycles. The molecule has 1 heteroatoms. The molecular formula is C16H22O. The molecule has 1 aromatic rings. The molecule has 1 nitrogen and oxygen atoms in total. The summed E-state index contributed by atoms with van der Waals surface area (Å²) in [5, 5.41) is 0. The van der Waals surface area contributed by atoms with Crippen LogP contribution in [0.25, 0.3) is 0 Å². The van der Waals surface area contributed by atoms with Gasteiger partial charge in [0.25, 0.3) is 0 Å². The smallest absolute Gasteiger partial charge is 0.0789 e. The second-order valence-electron chi connectivity index (χ2n) is 4.18. The van der Waals surface area contributed by atoms with Crippen molar-refractivity contribution in [2.24, 2.45) is 0 Å². The first kappa shape index (κ1) is 13.7. The molecule has 0 saturated heterocycles. The Kier molecular flexibility index (Phi) is 6.34. The Morgan fingerprint density at radius 3 is 2.65 bits per heavy atom. The average molecular weight is 230 g/mol. The van der Waals surface area contributed by atoms with Crippen LogP contribution in [0.5, 0.6) is 0 Å². The molecule has 17 heavy (non-hydrogen) atoms. The van der Waals surface area contributed by atoms with E-state index in [1.54, 1.807) is 0 Å². The summed E-state index contributed by atoms with van der Waals surface area (Å²) < 4.78 is 5.97. The van der Waals surface area contributed by atoms with Crippen molar-refractivity contribution in [2.45, 2.75) is 39.4 Å². The normalized spacial score (nSPS) is 13.4. The lowest BCUT2D eigenvalue weighted by atomic mass is 10.1. The van der Waals surface area contributed by atoms with Crippen LogP contribution in [-0.2, 0) is 11.3 Å². The molecule has 0 bridgehead atoms. The van der Waals surface area contributed by atoms with Crippen molar-refractivity contribution in [1.82, 2.24) is 0 Å². The topological polar surface area (TPSA) is 9.23 Å². The number of hydrogen-bond acceptors (Lipinski definition) is 1. The Hall–Kier alpha value is -1.34. The van der Waals surface area contributed by atoms with E-state index < -0.39 is 0 Å². The molecule has 92 valence electrons. The Morgan fingerprint density at radius 2 is 2.06 bits per heavy atom. The summed E-state index contributed by atoms with van der Waals surface area (Å²) >= 11 is 0. The highest BCUT2D eigenvalue weighted by Gasteiger charge is 2.09. The molecular weight excluding hydrogens is 208 g/mol. The van der Waals surface area contributed by atoms with Crippen LogP contribution >= 0.6 is 0 Å². The Balaban J connectivity index is 2.52. The Bertz CT molecular complexity index is 351. The fraction of sp³-hybridized carbons (Fsp3) is 0.375. The number of ether oxygens (including phenoxy) is 1. The third kappa shape index (κ3) is 5.01. The van der Waals surface area contributed by atoms with Gasteiger partial charge in [-0.25, -0.2) is 0 Å². The highest BCUT2D eigenvalue weighted by Crippen LogP contribution is 2.15. The fourth-order valence-electron chi connectivity index (χ4n) is 1.67. The van der Waals surface area contributed by atoms with Crippen LogP contribution in [0.4, 0.5) is 0 Å². The first-order valence-corrected chi connectivity index (χ1v) is 6.17. The predicted octanol–water partition coefficient (Wildman–Crippen LogP) is 4.50. The summed E-state index contributed by atoms with van der Waals surface area (Å²) in [5.74, 6) is 0. The average Bonchev–Trinajstić information content (AvgIpc) is 2.39. The maximum absolute atomic E-state index is 5.97. The third-order valence-electron chi connectivity index (χ3n) is 2.89. The van der Waals surface area contributed by atoms with Gasteiger partial charge in [0, 0.05) is 0 Å². The molecule has 0 amide bonds. The van der Waals surface area contributed by atoms with Gasteiger partial charge in [0.15, 0.2) is 0 Å². The minimum atomic E-state index is 0.207. The molecule has 0 heterocycles. The van der Waals surface area contributed by atoms with Crippen LogP contribution in [0.15, 0.2) is 54.6 Å². The van der Waals surface area contributed by atoms with Crippen molar-refractivity contribution in [1.29, 1.82) is 0 Å². The lowest BCUT2D eigenvalue weighted by molar-refractivity contribution is 0.0594. The standard InChI is InChI=1S/C16H22O/c1-4-6-12-16(14(3)5-2)17-13-15-10-8-7-9-11-15/h4-5,7-11,16H,1,6,12-13H2,2-3H3/b14-5-. The summed E-state index contributed by atoms with van der Waals surface area (Å²) in [6, 6.07) is 10.3. The quantitative estimate of drug-likeness (QED) is 0.626. The van der Waals surface area contributed by atoms with E-state index in [1.807, 2.05) is 24.3 Å². The van der Waals surface area contributed by atoms with Gasteiger partial charge in [0.2, 0.25) is 0 Å².